The van der Waals surface area contributed by atoms with Gasteiger partial charge in [0.1, 0.15) is 17.1 Å². The average molecular weight is 647 g/mol. The number of hydrogen-bond acceptors (Lipinski definition) is 9. The highest BCUT2D eigenvalue weighted by molar-refractivity contribution is 5.95. The Bertz CT molecular complexity index is 1510. The molecule has 0 saturated heterocycles. The Morgan fingerprint density at radius 3 is 2.48 bits per heavy atom. The normalized spacial score (nSPS) is 18.6. The molecule has 1 saturated carbocycles. The first-order valence-corrected chi connectivity index (χ1v) is 14.9. The first-order valence-electron chi connectivity index (χ1n) is 14.9. The first kappa shape index (κ1) is 34.3. The van der Waals surface area contributed by atoms with Crippen LogP contribution in [0.25, 0.3) is 0 Å². The van der Waals surface area contributed by atoms with E-state index in [-0.39, 0.29) is 47.0 Å². The summed E-state index contributed by atoms with van der Waals surface area (Å²) in [7, 11) is 1.61. The van der Waals surface area contributed by atoms with E-state index in [1.54, 1.807) is 47.7 Å². The van der Waals surface area contributed by atoms with E-state index < -0.39 is 41.9 Å². The zero-order valence-corrected chi connectivity index (χ0v) is 26.9. The highest BCUT2D eigenvalue weighted by Gasteiger charge is 2.51. The van der Waals surface area contributed by atoms with Gasteiger partial charge in [0.2, 0.25) is 5.72 Å². The number of nitrogens with zero attached hydrogens (tertiary/aromatic N) is 3. The van der Waals surface area contributed by atoms with E-state index in [2.05, 4.69) is 10.3 Å². The number of carbonyl (C=O) groups is 3. The summed E-state index contributed by atoms with van der Waals surface area (Å²) in [6, 6.07) is 7.74. The number of ether oxygens (including phenoxy) is 4. The van der Waals surface area contributed by atoms with E-state index in [0.717, 1.165) is 12.8 Å². The second-order valence-corrected chi connectivity index (χ2v) is 12.3. The summed E-state index contributed by atoms with van der Waals surface area (Å²) in [5.41, 5.74) is -2.55. The van der Waals surface area contributed by atoms with Gasteiger partial charge in [-0.25, -0.2) is 14.6 Å². The fourth-order valence-corrected chi connectivity index (χ4v) is 4.80. The molecule has 2 heterocycles. The van der Waals surface area contributed by atoms with Crippen LogP contribution >= 0.6 is 0 Å². The number of carboxylic acids is 1. The van der Waals surface area contributed by atoms with Crippen LogP contribution in [0.5, 0.6) is 11.5 Å². The second-order valence-electron chi connectivity index (χ2n) is 12.3. The quantitative estimate of drug-likeness (QED) is 0.305. The molecule has 2 atom stereocenters. The van der Waals surface area contributed by atoms with Crippen LogP contribution in [0.15, 0.2) is 47.9 Å². The maximum Gasteiger partial charge on any atom is 0.408 e. The largest absolute Gasteiger partial charge is 0.489 e. The van der Waals surface area contributed by atoms with Crippen molar-refractivity contribution in [2.75, 3.05) is 25.1 Å². The molecule has 4 rings (SSSR count). The lowest BCUT2D eigenvalue weighted by Gasteiger charge is -2.36. The number of benzene rings is 1. The predicted molar refractivity (Wildman–Crippen MR) is 163 cm³/mol. The number of carbonyl (C=O) groups excluding carboxylic acids is 2. The van der Waals surface area contributed by atoms with E-state index in [1.165, 1.54) is 47.1 Å². The number of aromatic nitrogens is 1. The van der Waals surface area contributed by atoms with E-state index in [1.807, 2.05) is 0 Å². The third kappa shape index (κ3) is 7.77. The molecule has 2 N–H and O–H groups in total. The van der Waals surface area contributed by atoms with E-state index in [9.17, 15) is 28.3 Å². The van der Waals surface area contributed by atoms with Crippen molar-refractivity contribution in [1.82, 2.24) is 15.2 Å². The standard InChI is InChI=1S/C32H40F2N4O8/c1-8-37(7)27(39)21-10-9-11-24(36-21)38-25(28(40)41)26(18(2)35-30(42)46-31(3,4)5)45-32(38,6)20-14-15-22(44-29(33)34)23(16-20)43-17-19-12-13-19/h9-11,14-16,18-19,29H,8,12-13,17H2,1-7H3,(H,35,42)(H,40,41)/t18?,32-/m0/s1. The lowest BCUT2D eigenvalue weighted by molar-refractivity contribution is -0.132. The number of anilines is 1. The Kier molecular flexibility index (Phi) is 9.97. The summed E-state index contributed by atoms with van der Waals surface area (Å²) in [6.45, 7) is 7.52. The Balaban J connectivity index is 1.86. The lowest BCUT2D eigenvalue weighted by Crippen LogP contribution is -2.43. The molecule has 1 unspecified atom stereocenters. The number of pyridine rings is 1. The maximum absolute atomic E-state index is 13.3. The summed E-state index contributed by atoms with van der Waals surface area (Å²) >= 11 is 0. The number of hydrogen-bond donors (Lipinski definition) is 2. The van der Waals surface area contributed by atoms with Gasteiger partial charge >= 0.3 is 18.7 Å². The molecule has 14 heteroatoms. The van der Waals surface area contributed by atoms with Gasteiger partial charge in [0.15, 0.2) is 23.0 Å². The highest BCUT2D eigenvalue weighted by atomic mass is 19.3. The Morgan fingerprint density at radius 1 is 1.20 bits per heavy atom. The third-order valence-corrected chi connectivity index (χ3v) is 7.39. The number of amides is 2. The van der Waals surface area contributed by atoms with Gasteiger partial charge < -0.3 is 34.3 Å². The van der Waals surface area contributed by atoms with Crippen molar-refractivity contribution >= 4 is 23.8 Å². The minimum Gasteiger partial charge on any atom is -0.489 e. The van der Waals surface area contributed by atoms with Crippen LogP contribution in [0.1, 0.15) is 70.4 Å². The number of nitrogens with one attached hydrogen (secondary N) is 1. The lowest BCUT2D eigenvalue weighted by atomic mass is 10.0. The van der Waals surface area contributed by atoms with Gasteiger partial charge in [0.05, 0.1) is 12.6 Å². The van der Waals surface area contributed by atoms with Gasteiger partial charge in [-0.1, -0.05) is 6.07 Å². The molecule has 1 aliphatic carbocycles. The summed E-state index contributed by atoms with van der Waals surface area (Å²) in [4.78, 5) is 45.9. The summed E-state index contributed by atoms with van der Waals surface area (Å²) in [6.07, 6.45) is 1.09. The SMILES string of the molecule is CCN(C)C(=O)c1cccc(N2C(C(=O)O)=C(C(C)NC(=O)OC(C)(C)C)O[C@@]2(C)c2ccc(OC(F)F)c(OCC3CC3)c2)n1. The Morgan fingerprint density at radius 2 is 1.89 bits per heavy atom. The average Bonchev–Trinajstić information content (AvgIpc) is 3.74. The topological polar surface area (TPSA) is 140 Å². The fourth-order valence-electron chi connectivity index (χ4n) is 4.80. The molecular formula is C32H40F2N4O8. The second kappa shape index (κ2) is 13.4. The van der Waals surface area contributed by atoms with Gasteiger partial charge in [-0.2, -0.15) is 8.78 Å². The number of aliphatic carboxylic acids is 1. The molecule has 1 aliphatic heterocycles. The van der Waals surface area contributed by atoms with Crippen LogP contribution in [0, 0.1) is 5.92 Å². The van der Waals surface area contributed by atoms with E-state index in [4.69, 9.17) is 18.9 Å². The van der Waals surface area contributed by atoms with E-state index >= 15 is 0 Å². The minimum atomic E-state index is -3.11. The molecule has 0 spiro atoms. The number of halogens is 2. The maximum atomic E-state index is 13.3. The Hall–Kier alpha value is -4.62. The minimum absolute atomic E-state index is 0.0150. The summed E-state index contributed by atoms with van der Waals surface area (Å²) < 4.78 is 48.9. The summed E-state index contributed by atoms with van der Waals surface area (Å²) in [5, 5.41) is 13.2. The third-order valence-electron chi connectivity index (χ3n) is 7.39. The molecule has 0 radical (unpaired) electrons. The van der Waals surface area contributed by atoms with Gasteiger partial charge in [-0.3, -0.25) is 9.69 Å². The predicted octanol–water partition coefficient (Wildman–Crippen LogP) is 5.48. The van der Waals surface area contributed by atoms with Crippen LogP contribution in [0.3, 0.4) is 0 Å². The van der Waals surface area contributed by atoms with Crippen LogP contribution in [0.4, 0.5) is 19.4 Å². The fraction of sp³-hybridized carbons (Fsp3) is 0.500. The van der Waals surface area contributed by atoms with Crippen LogP contribution in [-0.4, -0.2) is 71.4 Å². The van der Waals surface area contributed by atoms with Crippen LogP contribution < -0.4 is 19.7 Å². The van der Waals surface area contributed by atoms with Crippen molar-refractivity contribution in [1.29, 1.82) is 0 Å². The van der Waals surface area contributed by atoms with Crippen molar-refractivity contribution in [3.05, 3.63) is 59.1 Å². The van der Waals surface area contributed by atoms with Crippen molar-refractivity contribution in [3.8, 4) is 11.5 Å². The number of rotatable bonds is 12. The smallest absolute Gasteiger partial charge is 0.408 e. The monoisotopic (exact) mass is 646 g/mol. The molecular weight excluding hydrogens is 606 g/mol. The molecule has 1 aromatic carbocycles. The molecule has 1 fully saturated rings. The molecule has 2 amide bonds. The molecule has 250 valence electrons. The van der Waals surface area contributed by atoms with Gasteiger partial charge in [-0.05, 0) is 90.6 Å². The number of alkyl carbamates (subject to hydrolysis) is 1. The van der Waals surface area contributed by atoms with Gasteiger partial charge in [-0.15, -0.1) is 0 Å². The summed E-state index contributed by atoms with van der Waals surface area (Å²) in [5.74, 6) is -1.80. The first-order chi connectivity index (χ1) is 21.5. The molecule has 46 heavy (non-hydrogen) atoms. The zero-order valence-electron chi connectivity index (χ0n) is 26.9. The van der Waals surface area contributed by atoms with Crippen molar-refractivity contribution < 1.29 is 47.2 Å². The van der Waals surface area contributed by atoms with Gasteiger partial charge in [0, 0.05) is 19.2 Å². The van der Waals surface area contributed by atoms with Gasteiger partial charge in [0.25, 0.3) is 5.91 Å². The molecule has 0 bridgehead atoms. The molecule has 1 aromatic heterocycles. The van der Waals surface area contributed by atoms with Crippen molar-refractivity contribution in [3.63, 3.8) is 0 Å². The zero-order chi connectivity index (χ0) is 34.0. The van der Waals surface area contributed by atoms with Crippen molar-refractivity contribution in [2.24, 2.45) is 5.92 Å². The molecule has 2 aromatic rings. The Labute approximate surface area is 266 Å². The number of carboxylic acid groups (broad SMARTS) is 1. The van der Waals surface area contributed by atoms with Crippen LogP contribution in [-0.2, 0) is 20.0 Å². The number of alkyl halides is 2. The highest BCUT2D eigenvalue weighted by Crippen LogP contribution is 2.47. The molecule has 2 aliphatic rings. The van der Waals surface area contributed by atoms with E-state index in [0.29, 0.717) is 12.1 Å². The van der Waals surface area contributed by atoms with Crippen LogP contribution in [0.2, 0.25) is 0 Å². The molecule has 12 nitrogen and oxygen atoms in total. The van der Waals surface area contributed by atoms with Crippen molar-refractivity contribution in [2.45, 2.75) is 78.4 Å².